The molecule has 1 amide bonds. The standard InChI is InChI=1S/C14H12BrN3O2/c15-12-6-11(3-4-13(12)19)9-17-18-14(20)7-10-2-1-5-16-8-10/h1-6,8-9,19H,7H2,(H,18,20)/p+1. The zero-order valence-corrected chi connectivity index (χ0v) is 12.1. The number of hydrogen-bond donors (Lipinski definition) is 2. The van der Waals surface area contributed by atoms with Crippen molar-refractivity contribution in [2.24, 2.45) is 5.10 Å². The monoisotopic (exact) mass is 334 g/mol. The molecule has 0 fully saturated rings. The highest BCUT2D eigenvalue weighted by atomic mass is 79.9. The fourth-order valence-electron chi connectivity index (χ4n) is 1.55. The smallest absolute Gasteiger partial charge is 0.244 e. The van der Waals surface area contributed by atoms with E-state index in [2.05, 4.69) is 31.4 Å². The van der Waals surface area contributed by atoms with Crippen molar-refractivity contribution in [1.29, 1.82) is 0 Å². The summed E-state index contributed by atoms with van der Waals surface area (Å²) in [5, 5.41) is 13.2. The molecule has 0 aliphatic heterocycles. The molecule has 1 aromatic carbocycles. The molecule has 0 bridgehead atoms. The Kier molecular flexibility index (Phi) is 4.84. The lowest BCUT2D eigenvalue weighted by Crippen LogP contribution is -2.20. The second-order valence-corrected chi connectivity index (χ2v) is 4.95. The van der Waals surface area contributed by atoms with Gasteiger partial charge in [0.25, 0.3) is 0 Å². The van der Waals surface area contributed by atoms with E-state index in [1.165, 1.54) is 6.21 Å². The van der Waals surface area contributed by atoms with Crippen molar-refractivity contribution >= 4 is 28.1 Å². The van der Waals surface area contributed by atoms with Crippen molar-refractivity contribution in [2.45, 2.75) is 6.42 Å². The molecule has 3 N–H and O–H groups in total. The van der Waals surface area contributed by atoms with Crippen molar-refractivity contribution in [3.8, 4) is 5.75 Å². The molecule has 0 unspecified atom stereocenters. The van der Waals surface area contributed by atoms with Gasteiger partial charge in [-0.2, -0.15) is 5.10 Å². The van der Waals surface area contributed by atoms with Gasteiger partial charge in [0.15, 0.2) is 12.4 Å². The molecule has 0 aliphatic carbocycles. The molecule has 2 aromatic rings. The number of rotatable bonds is 4. The number of nitrogens with zero attached hydrogens (tertiary/aromatic N) is 1. The van der Waals surface area contributed by atoms with Crippen molar-refractivity contribution in [1.82, 2.24) is 5.43 Å². The largest absolute Gasteiger partial charge is 0.507 e. The summed E-state index contributed by atoms with van der Waals surface area (Å²) in [4.78, 5) is 14.5. The van der Waals surface area contributed by atoms with Gasteiger partial charge >= 0.3 is 0 Å². The number of hydrazone groups is 1. The second-order valence-electron chi connectivity index (χ2n) is 4.09. The van der Waals surface area contributed by atoms with Crippen LogP contribution in [-0.2, 0) is 11.2 Å². The van der Waals surface area contributed by atoms with E-state index in [9.17, 15) is 9.90 Å². The predicted octanol–water partition coefficient (Wildman–Crippen LogP) is 1.66. The Morgan fingerprint density at radius 3 is 3.00 bits per heavy atom. The minimum Gasteiger partial charge on any atom is -0.507 e. The van der Waals surface area contributed by atoms with Crippen molar-refractivity contribution < 1.29 is 14.9 Å². The molecule has 2 rings (SSSR count). The van der Waals surface area contributed by atoms with Crippen LogP contribution in [0, 0.1) is 0 Å². The van der Waals surface area contributed by atoms with Gasteiger partial charge in [0.05, 0.1) is 17.1 Å². The first-order chi connectivity index (χ1) is 9.65. The molecule has 0 radical (unpaired) electrons. The SMILES string of the molecule is O=C(Cc1ccc[nH+]c1)NN=Cc1ccc(O)c(Br)c1. The maximum atomic E-state index is 11.6. The first-order valence-electron chi connectivity index (χ1n) is 5.90. The molecule has 102 valence electrons. The molecule has 1 heterocycles. The second kappa shape index (κ2) is 6.81. The Hall–Kier alpha value is -2.21. The van der Waals surface area contributed by atoms with Crippen LogP contribution < -0.4 is 10.4 Å². The van der Waals surface area contributed by atoms with Crippen LogP contribution in [0.4, 0.5) is 0 Å². The number of benzene rings is 1. The Labute approximate surface area is 124 Å². The Bertz CT molecular complexity index is 630. The van der Waals surface area contributed by atoms with Crippen LogP contribution in [0.2, 0.25) is 0 Å². The van der Waals surface area contributed by atoms with Gasteiger partial charge in [0.2, 0.25) is 5.91 Å². The number of H-pyrrole nitrogens is 1. The number of amides is 1. The number of carbonyl (C=O) groups is 1. The molecule has 0 atom stereocenters. The molecule has 0 aliphatic rings. The lowest BCUT2D eigenvalue weighted by molar-refractivity contribution is -0.378. The summed E-state index contributed by atoms with van der Waals surface area (Å²) in [7, 11) is 0. The minimum atomic E-state index is -0.196. The van der Waals surface area contributed by atoms with E-state index in [-0.39, 0.29) is 18.1 Å². The lowest BCUT2D eigenvalue weighted by Gasteiger charge is -1.99. The average molecular weight is 335 g/mol. The van der Waals surface area contributed by atoms with Crippen LogP contribution >= 0.6 is 15.9 Å². The number of carbonyl (C=O) groups excluding carboxylic acids is 1. The Morgan fingerprint density at radius 1 is 1.45 bits per heavy atom. The number of phenolic OH excluding ortho intramolecular Hbond substituents is 1. The maximum absolute atomic E-state index is 11.6. The third-order valence-electron chi connectivity index (χ3n) is 2.51. The van der Waals surface area contributed by atoms with Crippen LogP contribution in [0.15, 0.2) is 52.3 Å². The first-order valence-corrected chi connectivity index (χ1v) is 6.70. The molecule has 0 spiro atoms. The number of pyridine rings is 1. The van der Waals surface area contributed by atoms with Crippen LogP contribution in [0.5, 0.6) is 5.75 Å². The van der Waals surface area contributed by atoms with Crippen LogP contribution in [-0.4, -0.2) is 17.2 Å². The zero-order valence-electron chi connectivity index (χ0n) is 10.5. The highest BCUT2D eigenvalue weighted by Crippen LogP contribution is 2.23. The highest BCUT2D eigenvalue weighted by molar-refractivity contribution is 9.10. The number of hydrogen-bond acceptors (Lipinski definition) is 3. The minimum absolute atomic E-state index is 0.159. The van der Waals surface area contributed by atoms with Crippen LogP contribution in [0.1, 0.15) is 11.1 Å². The Balaban J connectivity index is 1.89. The van der Waals surface area contributed by atoms with Gasteiger partial charge in [-0.1, -0.05) is 0 Å². The molecular weight excluding hydrogens is 322 g/mol. The fourth-order valence-corrected chi connectivity index (χ4v) is 1.94. The summed E-state index contributed by atoms with van der Waals surface area (Å²) in [6, 6.07) is 8.64. The zero-order chi connectivity index (χ0) is 14.4. The summed E-state index contributed by atoms with van der Waals surface area (Å²) in [6.45, 7) is 0. The van der Waals surface area contributed by atoms with E-state index in [0.717, 1.165) is 11.1 Å². The van der Waals surface area contributed by atoms with Gasteiger partial charge < -0.3 is 5.11 Å². The number of aromatic amines is 1. The summed E-state index contributed by atoms with van der Waals surface area (Å²) < 4.78 is 0.576. The third-order valence-corrected chi connectivity index (χ3v) is 3.15. The highest BCUT2D eigenvalue weighted by Gasteiger charge is 2.03. The first kappa shape index (κ1) is 14.2. The summed E-state index contributed by atoms with van der Waals surface area (Å²) >= 11 is 3.21. The van der Waals surface area contributed by atoms with E-state index in [4.69, 9.17) is 0 Å². The van der Waals surface area contributed by atoms with Gasteiger partial charge in [-0.3, -0.25) is 4.79 Å². The van der Waals surface area contributed by atoms with Gasteiger partial charge in [0, 0.05) is 11.6 Å². The van der Waals surface area contributed by atoms with Gasteiger partial charge in [-0.05, 0) is 45.8 Å². The van der Waals surface area contributed by atoms with Crippen molar-refractivity contribution in [3.63, 3.8) is 0 Å². The number of aromatic hydroxyl groups is 1. The van der Waals surface area contributed by atoms with E-state index >= 15 is 0 Å². The summed E-state index contributed by atoms with van der Waals surface area (Å²) in [5.74, 6) is -0.0368. The van der Waals surface area contributed by atoms with Crippen molar-refractivity contribution in [3.05, 3.63) is 58.3 Å². The summed E-state index contributed by atoms with van der Waals surface area (Å²) in [5.41, 5.74) is 4.10. The van der Waals surface area contributed by atoms with Crippen molar-refractivity contribution in [2.75, 3.05) is 0 Å². The number of halogens is 1. The predicted molar refractivity (Wildman–Crippen MR) is 78.2 cm³/mol. The number of aromatic nitrogens is 1. The third kappa shape index (κ3) is 4.17. The van der Waals surface area contributed by atoms with Gasteiger partial charge in [0.1, 0.15) is 5.75 Å². The van der Waals surface area contributed by atoms with Crippen LogP contribution in [0.3, 0.4) is 0 Å². The average Bonchev–Trinajstić information content (AvgIpc) is 2.44. The molecular formula is C14H13BrN3O2+. The molecule has 0 saturated carbocycles. The lowest BCUT2D eigenvalue weighted by atomic mass is 10.2. The van der Waals surface area contributed by atoms with Gasteiger partial charge in [-0.15, -0.1) is 0 Å². The number of nitrogens with one attached hydrogen (secondary N) is 2. The molecule has 5 nitrogen and oxygen atoms in total. The normalized spacial score (nSPS) is 10.7. The number of phenols is 1. The van der Waals surface area contributed by atoms with E-state index in [1.807, 2.05) is 12.1 Å². The van der Waals surface area contributed by atoms with Crippen LogP contribution in [0.25, 0.3) is 0 Å². The maximum Gasteiger partial charge on any atom is 0.244 e. The van der Waals surface area contributed by atoms with E-state index < -0.39 is 0 Å². The van der Waals surface area contributed by atoms with E-state index in [0.29, 0.717) is 4.47 Å². The molecule has 1 aromatic heterocycles. The molecule has 20 heavy (non-hydrogen) atoms. The fraction of sp³-hybridized carbons (Fsp3) is 0.0714. The topological polar surface area (TPSA) is 75.8 Å². The Morgan fingerprint density at radius 2 is 2.30 bits per heavy atom. The quantitative estimate of drug-likeness (QED) is 0.659. The molecule has 0 saturated heterocycles. The van der Waals surface area contributed by atoms with Gasteiger partial charge in [-0.25, -0.2) is 10.4 Å². The van der Waals surface area contributed by atoms with E-state index in [1.54, 1.807) is 30.6 Å². The summed E-state index contributed by atoms with van der Waals surface area (Å²) in [6.07, 6.45) is 5.32. The molecule has 6 heteroatoms.